The van der Waals surface area contributed by atoms with Crippen molar-refractivity contribution in [3.05, 3.63) is 30.9 Å². The first-order valence-electron chi connectivity index (χ1n) is 3.36. The van der Waals surface area contributed by atoms with E-state index in [0.717, 1.165) is 11.3 Å². The van der Waals surface area contributed by atoms with Gasteiger partial charge in [-0.15, -0.1) is 0 Å². The quantitative estimate of drug-likeness (QED) is 0.610. The van der Waals surface area contributed by atoms with Crippen LogP contribution in [0.25, 0.3) is 5.52 Å². The first kappa shape index (κ1) is 6.22. The van der Waals surface area contributed by atoms with E-state index in [1.807, 2.05) is 22.7 Å². The molecule has 2 heterocycles. The second-order valence-electron chi connectivity index (χ2n) is 2.29. The number of hydrogen-bond acceptors (Lipinski definition) is 2. The van der Waals surface area contributed by atoms with E-state index in [9.17, 15) is 0 Å². The van der Waals surface area contributed by atoms with Gasteiger partial charge in [0.05, 0.1) is 25.2 Å². The molecule has 0 bridgehead atoms. The van der Waals surface area contributed by atoms with E-state index < -0.39 is 0 Å². The molecule has 0 radical (unpaired) electrons. The van der Waals surface area contributed by atoms with Gasteiger partial charge in [0.1, 0.15) is 5.75 Å². The van der Waals surface area contributed by atoms with Crippen molar-refractivity contribution < 1.29 is 4.74 Å². The van der Waals surface area contributed by atoms with Crippen molar-refractivity contribution in [1.29, 1.82) is 0 Å². The summed E-state index contributed by atoms with van der Waals surface area (Å²) in [6.07, 6.45) is 5.47. The molecule has 0 fully saturated rings. The molecule has 0 spiro atoms. The Bertz CT molecular complexity index is 367. The van der Waals surface area contributed by atoms with Gasteiger partial charge in [-0.05, 0) is 6.07 Å². The highest BCUT2D eigenvalue weighted by atomic mass is 16.5. The number of pyridine rings is 1. The van der Waals surface area contributed by atoms with Crippen LogP contribution in [-0.4, -0.2) is 16.5 Å². The van der Waals surface area contributed by atoms with E-state index >= 15 is 0 Å². The summed E-state index contributed by atoms with van der Waals surface area (Å²) < 4.78 is 6.98. The molecular weight excluding hydrogens is 140 g/mol. The molecule has 3 heteroatoms. The summed E-state index contributed by atoms with van der Waals surface area (Å²) in [6, 6.07) is 3.84. The Hall–Kier alpha value is -1.51. The molecule has 2 aromatic heterocycles. The average Bonchev–Trinajstić information content (AvgIpc) is 2.50. The number of fused-ring (bicyclic) bond motifs is 1. The van der Waals surface area contributed by atoms with E-state index in [1.54, 1.807) is 19.6 Å². The number of imidazole rings is 1. The highest BCUT2D eigenvalue weighted by Crippen LogP contribution is 2.12. The Labute approximate surface area is 64.2 Å². The van der Waals surface area contributed by atoms with E-state index in [4.69, 9.17) is 4.74 Å². The number of aromatic nitrogens is 2. The predicted molar refractivity (Wildman–Crippen MR) is 41.7 cm³/mol. The zero-order valence-electron chi connectivity index (χ0n) is 6.19. The van der Waals surface area contributed by atoms with E-state index in [1.165, 1.54) is 0 Å². The highest BCUT2D eigenvalue weighted by Gasteiger charge is 1.93. The Balaban J connectivity index is 2.67. The van der Waals surface area contributed by atoms with Gasteiger partial charge in [0.2, 0.25) is 0 Å². The molecule has 0 saturated heterocycles. The molecule has 0 aliphatic carbocycles. The molecule has 0 amide bonds. The number of nitrogens with zero attached hydrogens (tertiary/aromatic N) is 2. The summed E-state index contributed by atoms with van der Waals surface area (Å²) in [5.41, 5.74) is 1.05. The monoisotopic (exact) mass is 148 g/mol. The van der Waals surface area contributed by atoms with Gasteiger partial charge in [0.15, 0.2) is 0 Å². The summed E-state index contributed by atoms with van der Waals surface area (Å²) in [5.74, 6) is 0.859. The molecule has 56 valence electrons. The van der Waals surface area contributed by atoms with E-state index in [2.05, 4.69) is 4.98 Å². The molecule has 0 saturated carbocycles. The molecular formula is C8H8N2O. The Kier molecular flexibility index (Phi) is 1.28. The summed E-state index contributed by atoms with van der Waals surface area (Å²) in [5, 5.41) is 0. The van der Waals surface area contributed by atoms with Crippen LogP contribution in [-0.2, 0) is 0 Å². The van der Waals surface area contributed by atoms with Crippen LogP contribution >= 0.6 is 0 Å². The second kappa shape index (κ2) is 2.27. The molecule has 0 aromatic carbocycles. The smallest absolute Gasteiger partial charge is 0.122 e. The standard InChI is InChI=1S/C8H8N2O/c1-11-8-2-3-10-6-9-5-7(10)4-8/h2-6H,1H3. The summed E-state index contributed by atoms with van der Waals surface area (Å²) in [7, 11) is 1.65. The van der Waals surface area contributed by atoms with Crippen molar-refractivity contribution in [2.45, 2.75) is 0 Å². The number of ether oxygens (including phenoxy) is 1. The van der Waals surface area contributed by atoms with Crippen LogP contribution in [0.15, 0.2) is 30.9 Å². The maximum absolute atomic E-state index is 5.05. The zero-order chi connectivity index (χ0) is 7.68. The first-order valence-corrected chi connectivity index (χ1v) is 3.36. The lowest BCUT2D eigenvalue weighted by Crippen LogP contribution is -1.85. The van der Waals surface area contributed by atoms with Crippen LogP contribution in [0.4, 0.5) is 0 Å². The second-order valence-corrected chi connectivity index (χ2v) is 2.29. The SMILES string of the molecule is COc1ccn2cncc2c1. The van der Waals surface area contributed by atoms with Crippen molar-refractivity contribution in [3.8, 4) is 5.75 Å². The minimum Gasteiger partial charge on any atom is -0.497 e. The van der Waals surface area contributed by atoms with Crippen LogP contribution in [0.3, 0.4) is 0 Å². The lowest BCUT2D eigenvalue weighted by Gasteiger charge is -1.98. The third-order valence-electron chi connectivity index (χ3n) is 1.62. The van der Waals surface area contributed by atoms with Crippen LogP contribution in [0.5, 0.6) is 5.75 Å². The highest BCUT2D eigenvalue weighted by molar-refractivity contribution is 5.49. The van der Waals surface area contributed by atoms with Gasteiger partial charge in [0, 0.05) is 12.3 Å². The molecule has 2 rings (SSSR count). The van der Waals surface area contributed by atoms with Crippen LogP contribution in [0, 0.1) is 0 Å². The third-order valence-corrected chi connectivity index (χ3v) is 1.62. The summed E-state index contributed by atoms with van der Waals surface area (Å²) in [6.45, 7) is 0. The van der Waals surface area contributed by atoms with Gasteiger partial charge in [0.25, 0.3) is 0 Å². The van der Waals surface area contributed by atoms with Gasteiger partial charge in [-0.2, -0.15) is 0 Å². The summed E-state index contributed by atoms with van der Waals surface area (Å²) >= 11 is 0. The van der Waals surface area contributed by atoms with Crippen molar-refractivity contribution in [2.24, 2.45) is 0 Å². The van der Waals surface area contributed by atoms with Crippen molar-refractivity contribution in [2.75, 3.05) is 7.11 Å². The van der Waals surface area contributed by atoms with Gasteiger partial charge in [-0.25, -0.2) is 4.98 Å². The van der Waals surface area contributed by atoms with Crippen molar-refractivity contribution in [1.82, 2.24) is 9.38 Å². The molecule has 11 heavy (non-hydrogen) atoms. The molecule has 0 unspecified atom stereocenters. The van der Waals surface area contributed by atoms with Gasteiger partial charge in [-0.1, -0.05) is 0 Å². The van der Waals surface area contributed by atoms with Crippen LogP contribution in [0.1, 0.15) is 0 Å². The normalized spacial score (nSPS) is 10.3. The van der Waals surface area contributed by atoms with Crippen LogP contribution < -0.4 is 4.74 Å². The van der Waals surface area contributed by atoms with Gasteiger partial charge >= 0.3 is 0 Å². The minimum atomic E-state index is 0.859. The van der Waals surface area contributed by atoms with E-state index in [-0.39, 0.29) is 0 Å². The van der Waals surface area contributed by atoms with Crippen LogP contribution in [0.2, 0.25) is 0 Å². The zero-order valence-corrected chi connectivity index (χ0v) is 6.19. The molecule has 2 aromatic rings. The largest absolute Gasteiger partial charge is 0.497 e. The molecule has 0 N–H and O–H groups in total. The van der Waals surface area contributed by atoms with E-state index in [0.29, 0.717) is 0 Å². The lowest BCUT2D eigenvalue weighted by molar-refractivity contribution is 0.414. The molecule has 0 aliphatic rings. The van der Waals surface area contributed by atoms with Crippen molar-refractivity contribution in [3.63, 3.8) is 0 Å². The fourth-order valence-electron chi connectivity index (χ4n) is 1.03. The predicted octanol–water partition coefficient (Wildman–Crippen LogP) is 1.34. The molecule has 0 aliphatic heterocycles. The Morgan fingerprint density at radius 3 is 3.27 bits per heavy atom. The lowest BCUT2D eigenvalue weighted by atomic mass is 10.4. The topological polar surface area (TPSA) is 26.5 Å². The molecule has 0 atom stereocenters. The maximum atomic E-state index is 5.05. The van der Waals surface area contributed by atoms with Gasteiger partial charge in [-0.3, -0.25) is 0 Å². The Morgan fingerprint density at radius 2 is 2.45 bits per heavy atom. The Morgan fingerprint density at radius 1 is 1.55 bits per heavy atom. The first-order chi connectivity index (χ1) is 5.40. The van der Waals surface area contributed by atoms with Gasteiger partial charge < -0.3 is 9.14 Å². The number of hydrogen-bond donors (Lipinski definition) is 0. The summed E-state index contributed by atoms with van der Waals surface area (Å²) in [4.78, 5) is 3.98. The number of rotatable bonds is 1. The fourth-order valence-corrected chi connectivity index (χ4v) is 1.03. The fraction of sp³-hybridized carbons (Fsp3) is 0.125. The number of methoxy groups -OCH3 is 1. The molecule has 3 nitrogen and oxygen atoms in total. The maximum Gasteiger partial charge on any atom is 0.122 e. The average molecular weight is 148 g/mol. The third kappa shape index (κ3) is 0.941. The van der Waals surface area contributed by atoms with Crippen molar-refractivity contribution >= 4 is 5.52 Å². The minimum absolute atomic E-state index is 0.859.